The molecule has 2 aromatic rings. The number of carbonyl (C=O) groups excluding carboxylic acids is 2. The highest BCUT2D eigenvalue weighted by Crippen LogP contribution is 2.23. The lowest BCUT2D eigenvalue weighted by atomic mass is 10.1. The molecule has 0 unspecified atom stereocenters. The SMILES string of the molecule is CCCOc1ccccc1NC(=O)CNC(=O)Cc1ccccc1. The molecule has 0 spiro atoms. The molecule has 0 heterocycles. The zero-order chi connectivity index (χ0) is 17.2. The summed E-state index contributed by atoms with van der Waals surface area (Å²) in [4.78, 5) is 23.9. The molecule has 0 fully saturated rings. The van der Waals surface area contributed by atoms with Crippen LogP contribution in [0.15, 0.2) is 54.6 Å². The molecule has 0 bridgehead atoms. The van der Waals surface area contributed by atoms with Gasteiger partial charge in [-0.3, -0.25) is 9.59 Å². The van der Waals surface area contributed by atoms with E-state index in [1.54, 1.807) is 12.1 Å². The van der Waals surface area contributed by atoms with Gasteiger partial charge in [-0.1, -0.05) is 49.4 Å². The number of ether oxygens (including phenoxy) is 1. The lowest BCUT2D eigenvalue weighted by molar-refractivity contribution is -0.123. The van der Waals surface area contributed by atoms with Crippen LogP contribution in [-0.2, 0) is 16.0 Å². The molecule has 2 aromatic carbocycles. The molecule has 5 nitrogen and oxygen atoms in total. The van der Waals surface area contributed by atoms with Gasteiger partial charge in [-0.15, -0.1) is 0 Å². The molecule has 2 rings (SSSR count). The molecule has 126 valence electrons. The molecule has 0 aliphatic rings. The van der Waals surface area contributed by atoms with Gasteiger partial charge < -0.3 is 15.4 Å². The Kier molecular flexibility index (Phi) is 6.83. The summed E-state index contributed by atoms with van der Waals surface area (Å²) in [5.74, 6) is 0.152. The second-order valence-electron chi connectivity index (χ2n) is 5.33. The Morgan fingerprint density at radius 2 is 1.67 bits per heavy atom. The molecule has 0 atom stereocenters. The Balaban J connectivity index is 1.82. The van der Waals surface area contributed by atoms with Crippen LogP contribution in [0.2, 0.25) is 0 Å². The third kappa shape index (κ3) is 5.76. The molecule has 2 amide bonds. The van der Waals surface area contributed by atoms with Gasteiger partial charge in [0, 0.05) is 0 Å². The molecule has 0 aromatic heterocycles. The fourth-order valence-electron chi connectivity index (χ4n) is 2.12. The largest absolute Gasteiger partial charge is 0.491 e. The molecule has 5 heteroatoms. The molecule has 0 radical (unpaired) electrons. The number of hydrogen-bond acceptors (Lipinski definition) is 3. The van der Waals surface area contributed by atoms with E-state index in [-0.39, 0.29) is 24.8 Å². The van der Waals surface area contributed by atoms with E-state index in [0.717, 1.165) is 12.0 Å². The first kappa shape index (κ1) is 17.5. The van der Waals surface area contributed by atoms with Crippen LogP contribution in [0.4, 0.5) is 5.69 Å². The van der Waals surface area contributed by atoms with Crippen LogP contribution < -0.4 is 15.4 Å². The van der Waals surface area contributed by atoms with Gasteiger partial charge in [0.2, 0.25) is 11.8 Å². The lowest BCUT2D eigenvalue weighted by Gasteiger charge is -2.12. The highest BCUT2D eigenvalue weighted by Gasteiger charge is 2.09. The quantitative estimate of drug-likeness (QED) is 0.784. The van der Waals surface area contributed by atoms with Gasteiger partial charge in [0.25, 0.3) is 0 Å². The molecule has 0 aliphatic carbocycles. The summed E-state index contributed by atoms with van der Waals surface area (Å²) >= 11 is 0. The molecule has 2 N–H and O–H groups in total. The molecular weight excluding hydrogens is 304 g/mol. The first-order valence-corrected chi connectivity index (χ1v) is 8.01. The maximum Gasteiger partial charge on any atom is 0.243 e. The third-order valence-electron chi connectivity index (χ3n) is 3.28. The van der Waals surface area contributed by atoms with Crippen LogP contribution in [0.25, 0.3) is 0 Å². The van der Waals surface area contributed by atoms with Gasteiger partial charge in [-0.2, -0.15) is 0 Å². The zero-order valence-corrected chi connectivity index (χ0v) is 13.7. The maximum absolute atomic E-state index is 12.0. The van der Waals surface area contributed by atoms with E-state index in [4.69, 9.17) is 4.74 Å². The lowest BCUT2D eigenvalue weighted by Crippen LogP contribution is -2.33. The standard InChI is InChI=1S/C19H22N2O3/c1-2-12-24-17-11-7-6-10-16(17)21-19(23)14-20-18(22)13-15-8-4-3-5-9-15/h3-11H,2,12-14H2,1H3,(H,20,22)(H,21,23). The number of nitrogens with one attached hydrogen (secondary N) is 2. The number of rotatable bonds is 8. The van der Waals surface area contributed by atoms with E-state index in [9.17, 15) is 9.59 Å². The fourth-order valence-corrected chi connectivity index (χ4v) is 2.12. The van der Waals surface area contributed by atoms with Crippen molar-refractivity contribution in [2.24, 2.45) is 0 Å². The highest BCUT2D eigenvalue weighted by atomic mass is 16.5. The molecule has 0 aliphatic heterocycles. The Morgan fingerprint density at radius 3 is 2.42 bits per heavy atom. The summed E-state index contributed by atoms with van der Waals surface area (Å²) in [6.07, 6.45) is 1.14. The van der Waals surface area contributed by atoms with E-state index >= 15 is 0 Å². The predicted octanol–water partition coefficient (Wildman–Crippen LogP) is 2.77. The first-order valence-electron chi connectivity index (χ1n) is 8.01. The van der Waals surface area contributed by atoms with E-state index in [2.05, 4.69) is 10.6 Å². The van der Waals surface area contributed by atoms with Crippen molar-refractivity contribution in [2.75, 3.05) is 18.5 Å². The average molecular weight is 326 g/mol. The summed E-state index contributed by atoms with van der Waals surface area (Å²) in [5, 5.41) is 5.38. The van der Waals surface area contributed by atoms with Crippen LogP contribution in [0.3, 0.4) is 0 Å². The summed E-state index contributed by atoms with van der Waals surface area (Å²) in [6, 6.07) is 16.7. The number of hydrogen-bond donors (Lipinski definition) is 2. The highest BCUT2D eigenvalue weighted by molar-refractivity contribution is 5.95. The minimum absolute atomic E-state index is 0.0756. The van der Waals surface area contributed by atoms with Crippen LogP contribution in [-0.4, -0.2) is 25.0 Å². The van der Waals surface area contributed by atoms with Gasteiger partial charge in [0.05, 0.1) is 25.3 Å². The minimum Gasteiger partial charge on any atom is -0.491 e. The van der Waals surface area contributed by atoms with Crippen molar-refractivity contribution >= 4 is 17.5 Å². The first-order chi connectivity index (χ1) is 11.7. The van der Waals surface area contributed by atoms with Gasteiger partial charge in [0.15, 0.2) is 0 Å². The zero-order valence-electron chi connectivity index (χ0n) is 13.7. The Bertz CT molecular complexity index is 671. The predicted molar refractivity (Wildman–Crippen MR) is 94.0 cm³/mol. The van der Waals surface area contributed by atoms with Crippen molar-refractivity contribution in [1.82, 2.24) is 5.32 Å². The third-order valence-corrected chi connectivity index (χ3v) is 3.28. The number of amides is 2. The normalized spacial score (nSPS) is 10.0. The molecule has 0 saturated carbocycles. The van der Waals surface area contributed by atoms with E-state index in [0.29, 0.717) is 18.0 Å². The van der Waals surface area contributed by atoms with Crippen LogP contribution in [0, 0.1) is 0 Å². The number of carbonyl (C=O) groups is 2. The Hall–Kier alpha value is -2.82. The Labute approximate surface area is 142 Å². The topological polar surface area (TPSA) is 67.4 Å². The summed E-state index contributed by atoms with van der Waals surface area (Å²) in [5.41, 5.74) is 1.52. The second-order valence-corrected chi connectivity index (χ2v) is 5.33. The Morgan fingerprint density at radius 1 is 0.958 bits per heavy atom. The van der Waals surface area contributed by atoms with Crippen molar-refractivity contribution in [3.63, 3.8) is 0 Å². The molecular formula is C19H22N2O3. The van der Waals surface area contributed by atoms with Gasteiger partial charge >= 0.3 is 0 Å². The van der Waals surface area contributed by atoms with Crippen LogP contribution in [0.1, 0.15) is 18.9 Å². The second kappa shape index (κ2) is 9.35. The maximum atomic E-state index is 12.0. The van der Waals surface area contributed by atoms with Crippen molar-refractivity contribution in [3.8, 4) is 5.75 Å². The average Bonchev–Trinajstić information content (AvgIpc) is 2.60. The summed E-state index contributed by atoms with van der Waals surface area (Å²) in [7, 11) is 0. The van der Waals surface area contributed by atoms with Gasteiger partial charge in [-0.25, -0.2) is 0 Å². The molecule has 24 heavy (non-hydrogen) atoms. The van der Waals surface area contributed by atoms with E-state index < -0.39 is 0 Å². The number of para-hydroxylation sites is 2. The van der Waals surface area contributed by atoms with Gasteiger partial charge in [0.1, 0.15) is 5.75 Å². The van der Waals surface area contributed by atoms with Crippen LogP contribution in [0.5, 0.6) is 5.75 Å². The van der Waals surface area contributed by atoms with Crippen molar-refractivity contribution in [2.45, 2.75) is 19.8 Å². The van der Waals surface area contributed by atoms with Crippen molar-refractivity contribution < 1.29 is 14.3 Å². The van der Waals surface area contributed by atoms with Gasteiger partial charge in [-0.05, 0) is 24.1 Å². The van der Waals surface area contributed by atoms with E-state index in [1.165, 1.54) is 0 Å². The van der Waals surface area contributed by atoms with E-state index in [1.807, 2.05) is 49.4 Å². The fraction of sp³-hybridized carbons (Fsp3) is 0.263. The molecule has 0 saturated heterocycles. The summed E-state index contributed by atoms with van der Waals surface area (Å²) in [6.45, 7) is 2.53. The monoisotopic (exact) mass is 326 g/mol. The van der Waals surface area contributed by atoms with Crippen LogP contribution >= 0.6 is 0 Å². The summed E-state index contributed by atoms with van der Waals surface area (Å²) < 4.78 is 5.59. The smallest absolute Gasteiger partial charge is 0.243 e. The van der Waals surface area contributed by atoms with Crippen molar-refractivity contribution in [3.05, 3.63) is 60.2 Å². The number of benzene rings is 2. The van der Waals surface area contributed by atoms with Crippen molar-refractivity contribution in [1.29, 1.82) is 0 Å². The number of anilines is 1. The minimum atomic E-state index is -0.288.